The van der Waals surface area contributed by atoms with Crippen LogP contribution in [0.3, 0.4) is 0 Å². The van der Waals surface area contributed by atoms with E-state index in [1.807, 2.05) is 0 Å². The van der Waals surface area contributed by atoms with Gasteiger partial charge in [-0.1, -0.05) is 46.5 Å². The molecule has 2 N–H and O–H groups in total. The Morgan fingerprint density at radius 2 is 1.80 bits per heavy atom. The fourth-order valence-corrected chi connectivity index (χ4v) is 2.44. The maximum Gasteiger partial charge on any atom is 0.0897 e. The van der Waals surface area contributed by atoms with Crippen molar-refractivity contribution >= 4 is 0 Å². The minimum Gasteiger partial charge on any atom is -0.389 e. The Hall–Kier alpha value is -0.120. The Morgan fingerprint density at radius 3 is 2.35 bits per heavy atom. The predicted molar refractivity (Wildman–Crippen MR) is 87.1 cm³/mol. The summed E-state index contributed by atoms with van der Waals surface area (Å²) in [6.45, 7) is 12.8. The molecule has 0 bridgehead atoms. The van der Waals surface area contributed by atoms with Crippen molar-refractivity contribution in [2.75, 3.05) is 19.8 Å². The van der Waals surface area contributed by atoms with Crippen molar-refractivity contribution in [3.8, 4) is 0 Å². The quantitative estimate of drug-likeness (QED) is 0.542. The van der Waals surface area contributed by atoms with E-state index in [4.69, 9.17) is 4.74 Å². The molecule has 122 valence electrons. The molecule has 2 atom stereocenters. The smallest absolute Gasteiger partial charge is 0.0897 e. The lowest BCUT2D eigenvalue weighted by Gasteiger charge is -2.27. The number of hydrogen-bond donors (Lipinski definition) is 2. The molecule has 0 aliphatic heterocycles. The van der Waals surface area contributed by atoms with Gasteiger partial charge in [0.15, 0.2) is 0 Å². The lowest BCUT2D eigenvalue weighted by atomic mass is 9.99. The van der Waals surface area contributed by atoms with Crippen LogP contribution >= 0.6 is 0 Å². The van der Waals surface area contributed by atoms with E-state index in [0.29, 0.717) is 19.1 Å². The first kappa shape index (κ1) is 19.9. The average molecular weight is 287 g/mol. The largest absolute Gasteiger partial charge is 0.389 e. The third-order valence-electron chi connectivity index (χ3n) is 3.90. The van der Waals surface area contributed by atoms with Gasteiger partial charge < -0.3 is 15.2 Å². The van der Waals surface area contributed by atoms with Crippen LogP contribution in [0.1, 0.15) is 73.1 Å². The molecule has 3 nitrogen and oxygen atoms in total. The van der Waals surface area contributed by atoms with E-state index in [1.54, 1.807) is 0 Å². The summed E-state index contributed by atoms with van der Waals surface area (Å²) in [4.78, 5) is 0. The molecule has 0 rings (SSSR count). The van der Waals surface area contributed by atoms with Gasteiger partial charge in [-0.2, -0.15) is 0 Å². The van der Waals surface area contributed by atoms with Gasteiger partial charge in [0.2, 0.25) is 0 Å². The summed E-state index contributed by atoms with van der Waals surface area (Å²) in [6.07, 6.45) is 6.79. The highest BCUT2D eigenvalue weighted by Crippen LogP contribution is 2.13. The SMILES string of the molecule is CCCCC(CC)COCC(O)CNC(C)(C)CCC. The lowest BCUT2D eigenvalue weighted by Crippen LogP contribution is -2.44. The molecule has 20 heavy (non-hydrogen) atoms. The molecule has 0 aliphatic carbocycles. The molecule has 0 aromatic carbocycles. The maximum atomic E-state index is 9.95. The number of aliphatic hydroxyl groups is 1. The van der Waals surface area contributed by atoms with Gasteiger partial charge in [-0.05, 0) is 32.6 Å². The molecule has 0 heterocycles. The number of rotatable bonds is 13. The van der Waals surface area contributed by atoms with Gasteiger partial charge in [0, 0.05) is 18.7 Å². The highest BCUT2D eigenvalue weighted by Gasteiger charge is 2.17. The van der Waals surface area contributed by atoms with Gasteiger partial charge in [0.25, 0.3) is 0 Å². The summed E-state index contributed by atoms with van der Waals surface area (Å²) in [6, 6.07) is 0. The number of aliphatic hydroxyl groups excluding tert-OH is 1. The Labute approximate surface area is 126 Å². The second kappa shape index (κ2) is 11.5. The van der Waals surface area contributed by atoms with Gasteiger partial charge in [-0.15, -0.1) is 0 Å². The second-order valence-electron chi connectivity index (χ2n) is 6.62. The molecular weight excluding hydrogens is 250 g/mol. The zero-order chi connectivity index (χ0) is 15.4. The molecule has 0 aliphatic rings. The number of ether oxygens (including phenoxy) is 1. The van der Waals surface area contributed by atoms with Crippen LogP contribution in [0.4, 0.5) is 0 Å². The van der Waals surface area contributed by atoms with Crippen LogP contribution in [0.25, 0.3) is 0 Å². The minimum atomic E-state index is -0.408. The molecule has 3 heteroatoms. The zero-order valence-corrected chi connectivity index (χ0v) is 14.4. The van der Waals surface area contributed by atoms with E-state index in [1.165, 1.54) is 19.3 Å². The Balaban J connectivity index is 3.73. The summed E-state index contributed by atoms with van der Waals surface area (Å²) in [5, 5.41) is 13.4. The zero-order valence-electron chi connectivity index (χ0n) is 14.4. The molecule has 0 fully saturated rings. The van der Waals surface area contributed by atoms with Crippen LogP contribution in [0.15, 0.2) is 0 Å². The fourth-order valence-electron chi connectivity index (χ4n) is 2.44. The van der Waals surface area contributed by atoms with Crippen LogP contribution in [-0.2, 0) is 4.74 Å². The summed E-state index contributed by atoms with van der Waals surface area (Å²) in [7, 11) is 0. The third kappa shape index (κ3) is 10.6. The number of β-amino-alcohol motifs (C(OH)–C–C–N with tert-alkyl or cyclic N) is 1. The third-order valence-corrected chi connectivity index (χ3v) is 3.90. The van der Waals surface area contributed by atoms with Crippen LogP contribution < -0.4 is 5.32 Å². The van der Waals surface area contributed by atoms with Crippen molar-refractivity contribution in [3.05, 3.63) is 0 Å². The first-order chi connectivity index (χ1) is 9.45. The first-order valence-electron chi connectivity index (χ1n) is 8.46. The summed E-state index contributed by atoms with van der Waals surface area (Å²) >= 11 is 0. The van der Waals surface area contributed by atoms with E-state index < -0.39 is 6.10 Å². The van der Waals surface area contributed by atoms with Gasteiger partial charge in [0.05, 0.1) is 12.7 Å². The molecular formula is C17H37NO2. The standard InChI is InChI=1S/C17H37NO2/c1-6-9-10-15(8-3)13-20-14-16(19)12-18-17(4,5)11-7-2/h15-16,18-19H,6-14H2,1-5H3. The Kier molecular flexibility index (Phi) is 11.5. The van der Waals surface area contributed by atoms with Gasteiger partial charge >= 0.3 is 0 Å². The summed E-state index contributed by atoms with van der Waals surface area (Å²) < 4.78 is 5.68. The van der Waals surface area contributed by atoms with Crippen LogP contribution in [0.5, 0.6) is 0 Å². The van der Waals surface area contributed by atoms with E-state index >= 15 is 0 Å². The molecule has 2 unspecified atom stereocenters. The normalized spacial score (nSPS) is 15.3. The highest BCUT2D eigenvalue weighted by molar-refractivity contribution is 4.78. The minimum absolute atomic E-state index is 0.100. The number of hydrogen-bond acceptors (Lipinski definition) is 3. The number of unbranched alkanes of at least 4 members (excludes halogenated alkanes) is 1. The Bertz CT molecular complexity index is 219. The second-order valence-corrected chi connectivity index (χ2v) is 6.62. The van der Waals surface area contributed by atoms with E-state index in [9.17, 15) is 5.11 Å². The van der Waals surface area contributed by atoms with Crippen molar-refractivity contribution < 1.29 is 9.84 Å². The summed E-state index contributed by atoms with van der Waals surface area (Å²) in [5.74, 6) is 0.645. The first-order valence-corrected chi connectivity index (χ1v) is 8.46. The molecule has 0 spiro atoms. The van der Waals surface area contributed by atoms with E-state index in [2.05, 4.69) is 39.9 Å². The fraction of sp³-hybridized carbons (Fsp3) is 1.00. The van der Waals surface area contributed by atoms with E-state index in [-0.39, 0.29) is 5.54 Å². The monoisotopic (exact) mass is 287 g/mol. The van der Waals surface area contributed by atoms with E-state index in [0.717, 1.165) is 25.9 Å². The molecule has 0 saturated heterocycles. The van der Waals surface area contributed by atoms with Crippen LogP contribution in [0.2, 0.25) is 0 Å². The average Bonchev–Trinajstić information content (AvgIpc) is 2.40. The lowest BCUT2D eigenvalue weighted by molar-refractivity contribution is 0.0165. The molecule has 0 amide bonds. The molecule has 0 aromatic rings. The van der Waals surface area contributed by atoms with Gasteiger partial charge in [0.1, 0.15) is 0 Å². The maximum absolute atomic E-state index is 9.95. The van der Waals surface area contributed by atoms with Crippen molar-refractivity contribution in [2.45, 2.75) is 84.8 Å². The van der Waals surface area contributed by atoms with Crippen molar-refractivity contribution in [1.82, 2.24) is 5.32 Å². The van der Waals surface area contributed by atoms with Crippen LogP contribution in [-0.4, -0.2) is 36.5 Å². The van der Waals surface area contributed by atoms with Crippen LogP contribution in [0, 0.1) is 5.92 Å². The Morgan fingerprint density at radius 1 is 1.10 bits per heavy atom. The predicted octanol–water partition coefficient (Wildman–Crippen LogP) is 3.75. The molecule has 0 radical (unpaired) electrons. The van der Waals surface area contributed by atoms with Crippen molar-refractivity contribution in [1.29, 1.82) is 0 Å². The van der Waals surface area contributed by atoms with Gasteiger partial charge in [-0.25, -0.2) is 0 Å². The highest BCUT2D eigenvalue weighted by atomic mass is 16.5. The van der Waals surface area contributed by atoms with Gasteiger partial charge in [-0.3, -0.25) is 0 Å². The summed E-state index contributed by atoms with van der Waals surface area (Å²) in [5.41, 5.74) is 0.100. The molecule has 0 saturated carbocycles. The van der Waals surface area contributed by atoms with Crippen molar-refractivity contribution in [3.63, 3.8) is 0 Å². The molecule has 0 aromatic heterocycles. The van der Waals surface area contributed by atoms with Crippen molar-refractivity contribution in [2.24, 2.45) is 5.92 Å². The number of nitrogens with one attached hydrogen (secondary N) is 1. The topological polar surface area (TPSA) is 41.5 Å².